The Labute approximate surface area is 135 Å². The molecule has 0 spiro atoms. The van der Waals surface area contributed by atoms with Crippen molar-refractivity contribution in [2.75, 3.05) is 19.9 Å². The van der Waals surface area contributed by atoms with Gasteiger partial charge in [-0.3, -0.25) is 9.59 Å². The average molecular weight is 318 g/mol. The second kappa shape index (κ2) is 6.89. The van der Waals surface area contributed by atoms with E-state index in [4.69, 9.17) is 9.47 Å². The molecule has 0 radical (unpaired) electrons. The predicted octanol–water partition coefficient (Wildman–Crippen LogP) is 1.68. The number of nitrogens with one attached hydrogen (secondary N) is 1. The number of ether oxygens (including phenoxy) is 2. The summed E-state index contributed by atoms with van der Waals surface area (Å²) in [4.78, 5) is 25.8. The van der Waals surface area contributed by atoms with Crippen molar-refractivity contribution in [3.05, 3.63) is 23.8 Å². The molecule has 1 aromatic rings. The number of carbonyl (C=O) groups excluding carboxylic acids is 2. The molecule has 6 heteroatoms. The van der Waals surface area contributed by atoms with Crippen molar-refractivity contribution in [2.45, 2.75) is 32.7 Å². The van der Waals surface area contributed by atoms with Crippen LogP contribution in [0, 0.1) is 5.92 Å². The normalized spacial score (nSPS) is 17.2. The Morgan fingerprint density at radius 2 is 1.96 bits per heavy atom. The van der Waals surface area contributed by atoms with Crippen LogP contribution in [0.3, 0.4) is 0 Å². The third kappa shape index (κ3) is 3.57. The molecular weight excluding hydrogens is 296 g/mol. The molecule has 1 N–H and O–H groups in total. The van der Waals surface area contributed by atoms with Crippen LogP contribution in [0.25, 0.3) is 0 Å². The van der Waals surface area contributed by atoms with Crippen LogP contribution in [-0.2, 0) is 16.1 Å². The van der Waals surface area contributed by atoms with Gasteiger partial charge < -0.3 is 19.7 Å². The summed E-state index contributed by atoms with van der Waals surface area (Å²) >= 11 is 0. The highest BCUT2D eigenvalue weighted by Crippen LogP contribution is 2.32. The number of rotatable bonds is 4. The highest BCUT2D eigenvalue weighted by atomic mass is 16.7. The van der Waals surface area contributed by atoms with Crippen molar-refractivity contribution in [3.8, 4) is 11.5 Å². The van der Waals surface area contributed by atoms with Crippen molar-refractivity contribution in [1.29, 1.82) is 0 Å². The van der Waals surface area contributed by atoms with Gasteiger partial charge in [0.1, 0.15) is 0 Å². The van der Waals surface area contributed by atoms with Gasteiger partial charge in [-0.2, -0.15) is 0 Å². The molecule has 0 bridgehead atoms. The van der Waals surface area contributed by atoms with E-state index < -0.39 is 0 Å². The lowest BCUT2D eigenvalue weighted by Crippen LogP contribution is -2.42. The molecule has 124 valence electrons. The summed E-state index contributed by atoms with van der Waals surface area (Å²) in [7, 11) is 0. The summed E-state index contributed by atoms with van der Waals surface area (Å²) in [6.45, 7) is 3.94. The number of hydrogen-bond donors (Lipinski definition) is 1. The minimum atomic E-state index is -0.00934. The van der Waals surface area contributed by atoms with E-state index in [9.17, 15) is 9.59 Å². The molecule has 1 saturated heterocycles. The molecule has 2 heterocycles. The van der Waals surface area contributed by atoms with Crippen LogP contribution in [0.1, 0.15) is 31.7 Å². The number of fused-ring (bicyclic) bond motifs is 1. The maximum atomic E-state index is 12.3. The second-order valence-electron chi connectivity index (χ2n) is 5.91. The Morgan fingerprint density at radius 3 is 2.70 bits per heavy atom. The Hall–Kier alpha value is -2.24. The minimum Gasteiger partial charge on any atom is -0.454 e. The lowest BCUT2D eigenvalue weighted by atomic mass is 9.95. The first kappa shape index (κ1) is 15.6. The summed E-state index contributed by atoms with van der Waals surface area (Å²) in [5.74, 6) is 1.69. The summed E-state index contributed by atoms with van der Waals surface area (Å²) in [6, 6.07) is 5.68. The van der Waals surface area contributed by atoms with Crippen LogP contribution >= 0.6 is 0 Å². The number of carbonyl (C=O) groups is 2. The van der Waals surface area contributed by atoms with Gasteiger partial charge in [-0.25, -0.2) is 0 Å². The molecular formula is C17H22N2O4. The van der Waals surface area contributed by atoms with E-state index in [2.05, 4.69) is 5.32 Å². The number of amides is 2. The molecule has 1 fully saturated rings. The van der Waals surface area contributed by atoms with Gasteiger partial charge in [-0.1, -0.05) is 13.0 Å². The molecule has 1 aromatic carbocycles. The molecule has 2 amide bonds. The third-order valence-corrected chi connectivity index (χ3v) is 4.42. The molecule has 6 nitrogen and oxygen atoms in total. The Morgan fingerprint density at radius 1 is 1.22 bits per heavy atom. The van der Waals surface area contributed by atoms with E-state index in [1.54, 1.807) is 0 Å². The average Bonchev–Trinajstić information content (AvgIpc) is 3.06. The van der Waals surface area contributed by atoms with Gasteiger partial charge in [0.2, 0.25) is 18.6 Å². The fourth-order valence-corrected chi connectivity index (χ4v) is 3.00. The number of benzene rings is 1. The molecule has 0 saturated carbocycles. The van der Waals surface area contributed by atoms with Gasteiger partial charge in [0.05, 0.1) is 0 Å². The Bertz CT molecular complexity index is 594. The van der Waals surface area contributed by atoms with Gasteiger partial charge in [0.15, 0.2) is 11.5 Å². The molecule has 0 unspecified atom stereocenters. The fourth-order valence-electron chi connectivity index (χ4n) is 3.00. The van der Waals surface area contributed by atoms with E-state index in [0.29, 0.717) is 26.1 Å². The van der Waals surface area contributed by atoms with Crippen molar-refractivity contribution >= 4 is 11.8 Å². The highest BCUT2D eigenvalue weighted by Gasteiger charge is 2.26. The van der Waals surface area contributed by atoms with Gasteiger partial charge in [0, 0.05) is 32.0 Å². The number of nitrogens with zero attached hydrogens (tertiary/aromatic N) is 1. The number of likely N-dealkylation sites (tertiary alicyclic amines) is 1. The highest BCUT2D eigenvalue weighted by molar-refractivity contribution is 5.80. The summed E-state index contributed by atoms with van der Waals surface area (Å²) in [5.41, 5.74) is 0.987. The first-order chi connectivity index (χ1) is 11.2. The van der Waals surface area contributed by atoms with E-state index in [-0.39, 0.29) is 24.5 Å². The Balaban J connectivity index is 1.48. The van der Waals surface area contributed by atoms with E-state index >= 15 is 0 Å². The smallest absolute Gasteiger partial charge is 0.231 e. The molecule has 0 aromatic heterocycles. The van der Waals surface area contributed by atoms with E-state index in [1.807, 2.05) is 30.0 Å². The summed E-state index contributed by atoms with van der Waals surface area (Å²) in [5, 5.41) is 2.98. The van der Waals surface area contributed by atoms with Crippen molar-refractivity contribution in [3.63, 3.8) is 0 Å². The quantitative estimate of drug-likeness (QED) is 0.917. The molecule has 3 rings (SSSR count). The van der Waals surface area contributed by atoms with E-state index in [0.717, 1.165) is 29.9 Å². The monoisotopic (exact) mass is 318 g/mol. The van der Waals surface area contributed by atoms with Crippen LogP contribution in [0.2, 0.25) is 0 Å². The van der Waals surface area contributed by atoms with Crippen LogP contribution in [0.4, 0.5) is 0 Å². The van der Waals surface area contributed by atoms with Crippen molar-refractivity contribution < 1.29 is 19.1 Å². The first-order valence-electron chi connectivity index (χ1n) is 8.11. The lowest BCUT2D eigenvalue weighted by Gasteiger charge is -2.31. The van der Waals surface area contributed by atoms with Gasteiger partial charge in [-0.15, -0.1) is 0 Å². The van der Waals surface area contributed by atoms with Gasteiger partial charge in [-0.05, 0) is 30.5 Å². The van der Waals surface area contributed by atoms with Crippen LogP contribution in [-0.4, -0.2) is 36.6 Å². The number of hydrogen-bond acceptors (Lipinski definition) is 4. The maximum absolute atomic E-state index is 12.3. The van der Waals surface area contributed by atoms with Crippen LogP contribution in [0.15, 0.2) is 18.2 Å². The number of piperidine rings is 1. The topological polar surface area (TPSA) is 67.9 Å². The van der Waals surface area contributed by atoms with Crippen LogP contribution < -0.4 is 14.8 Å². The lowest BCUT2D eigenvalue weighted by molar-refractivity contribution is -0.135. The summed E-state index contributed by atoms with van der Waals surface area (Å²) in [6.07, 6.45) is 2.00. The van der Waals surface area contributed by atoms with Crippen LogP contribution in [0.5, 0.6) is 11.5 Å². The second-order valence-corrected chi connectivity index (χ2v) is 5.91. The SMILES string of the molecule is CCC(=O)N1CCC(C(=O)NCc2ccc3c(c2)OCO3)CC1. The standard InChI is InChI=1S/C17H22N2O4/c1-2-16(20)19-7-5-13(6-8-19)17(21)18-10-12-3-4-14-15(9-12)23-11-22-14/h3-4,9,13H,2,5-8,10-11H2,1H3,(H,18,21). The van der Waals surface area contributed by atoms with E-state index in [1.165, 1.54) is 0 Å². The molecule has 0 aliphatic carbocycles. The zero-order valence-electron chi connectivity index (χ0n) is 13.3. The van der Waals surface area contributed by atoms with Gasteiger partial charge >= 0.3 is 0 Å². The zero-order chi connectivity index (χ0) is 16.2. The van der Waals surface area contributed by atoms with Gasteiger partial charge in [0.25, 0.3) is 0 Å². The minimum absolute atomic E-state index is 0.00934. The zero-order valence-corrected chi connectivity index (χ0v) is 13.3. The maximum Gasteiger partial charge on any atom is 0.231 e. The van der Waals surface area contributed by atoms with Crippen molar-refractivity contribution in [2.24, 2.45) is 5.92 Å². The molecule has 0 atom stereocenters. The molecule has 2 aliphatic heterocycles. The first-order valence-corrected chi connectivity index (χ1v) is 8.11. The molecule has 2 aliphatic rings. The predicted molar refractivity (Wildman–Crippen MR) is 84.0 cm³/mol. The Kier molecular flexibility index (Phi) is 4.69. The van der Waals surface area contributed by atoms with Crippen molar-refractivity contribution in [1.82, 2.24) is 10.2 Å². The largest absolute Gasteiger partial charge is 0.454 e. The summed E-state index contributed by atoms with van der Waals surface area (Å²) < 4.78 is 10.6. The molecule has 23 heavy (non-hydrogen) atoms. The fraction of sp³-hybridized carbons (Fsp3) is 0.529. The third-order valence-electron chi connectivity index (χ3n) is 4.42.